The number of aryl methyl sites for hydroxylation is 2. The predicted molar refractivity (Wildman–Crippen MR) is 110 cm³/mol. The highest BCUT2D eigenvalue weighted by atomic mass is 19.1. The minimum Gasteiger partial charge on any atom is -0.262 e. The lowest BCUT2D eigenvalue weighted by atomic mass is 9.80. The highest BCUT2D eigenvalue weighted by molar-refractivity contribution is 6.10. The summed E-state index contributed by atoms with van der Waals surface area (Å²) in [6, 6.07) is 12.3. The summed E-state index contributed by atoms with van der Waals surface area (Å²) < 4.78 is 14.7. The van der Waals surface area contributed by atoms with Crippen LogP contribution in [0.25, 0.3) is 21.5 Å². The van der Waals surface area contributed by atoms with Gasteiger partial charge in [-0.3, -0.25) is 9.97 Å². The van der Waals surface area contributed by atoms with Crippen molar-refractivity contribution in [2.45, 2.75) is 39.0 Å². The Bertz CT molecular complexity index is 1060. The molecule has 1 unspecified atom stereocenters. The Kier molecular flexibility index (Phi) is 4.85. The maximum Gasteiger partial charge on any atom is 0.131 e. The van der Waals surface area contributed by atoms with Gasteiger partial charge < -0.3 is 0 Å². The first kappa shape index (κ1) is 17.6. The zero-order valence-electron chi connectivity index (χ0n) is 15.7. The summed E-state index contributed by atoms with van der Waals surface area (Å²) >= 11 is 0. The third kappa shape index (κ3) is 3.30. The fourth-order valence-electron chi connectivity index (χ4n) is 4.28. The Hall–Kier alpha value is -2.81. The lowest BCUT2D eigenvalue weighted by Gasteiger charge is -2.25. The zero-order chi connectivity index (χ0) is 18.8. The van der Waals surface area contributed by atoms with Crippen LogP contribution in [-0.2, 0) is 6.42 Å². The van der Waals surface area contributed by atoms with Crippen molar-refractivity contribution in [2.24, 2.45) is 0 Å². The number of aromatic nitrogens is 2. The van der Waals surface area contributed by atoms with Crippen molar-refractivity contribution in [1.29, 1.82) is 0 Å². The largest absolute Gasteiger partial charge is 0.262 e. The topological polar surface area (TPSA) is 25.8 Å². The van der Waals surface area contributed by atoms with E-state index in [4.69, 9.17) is 0 Å². The molecule has 0 fully saturated rings. The van der Waals surface area contributed by atoms with E-state index in [9.17, 15) is 4.39 Å². The second-order valence-corrected chi connectivity index (χ2v) is 7.28. The molecule has 0 saturated carbocycles. The summed E-state index contributed by atoms with van der Waals surface area (Å²) in [6.45, 7) is 4.26. The van der Waals surface area contributed by atoms with Crippen molar-refractivity contribution in [3.05, 3.63) is 83.7 Å². The highest BCUT2D eigenvalue weighted by Crippen LogP contribution is 2.40. The van der Waals surface area contributed by atoms with Crippen molar-refractivity contribution < 1.29 is 4.39 Å². The Balaban J connectivity index is 0.000000257. The summed E-state index contributed by atoms with van der Waals surface area (Å²) in [4.78, 5) is 7.44. The van der Waals surface area contributed by atoms with E-state index in [-0.39, 0.29) is 5.82 Å². The number of halogens is 1. The van der Waals surface area contributed by atoms with Gasteiger partial charge in [-0.05, 0) is 71.0 Å². The van der Waals surface area contributed by atoms with Gasteiger partial charge >= 0.3 is 0 Å². The third-order valence-electron chi connectivity index (χ3n) is 5.50. The van der Waals surface area contributed by atoms with E-state index in [1.54, 1.807) is 30.9 Å². The van der Waals surface area contributed by atoms with Crippen LogP contribution in [0.1, 0.15) is 42.4 Å². The van der Waals surface area contributed by atoms with E-state index >= 15 is 0 Å². The monoisotopic (exact) mass is 358 g/mol. The highest BCUT2D eigenvalue weighted by Gasteiger charge is 2.20. The second kappa shape index (κ2) is 7.43. The van der Waals surface area contributed by atoms with E-state index < -0.39 is 0 Å². The zero-order valence-corrected chi connectivity index (χ0v) is 15.7. The fourth-order valence-corrected chi connectivity index (χ4v) is 4.28. The molecule has 136 valence electrons. The molecule has 1 aliphatic carbocycles. The molecule has 0 spiro atoms. The van der Waals surface area contributed by atoms with Gasteiger partial charge in [-0.15, -0.1) is 0 Å². The van der Waals surface area contributed by atoms with Crippen LogP contribution in [0.3, 0.4) is 0 Å². The molecule has 27 heavy (non-hydrogen) atoms. The Labute approximate surface area is 159 Å². The number of hydrogen-bond acceptors (Lipinski definition) is 2. The maximum atomic E-state index is 14.7. The molecule has 5 rings (SSSR count). The molecule has 0 N–H and O–H groups in total. The SMILES string of the molecule is Cc1cccc2c1c(F)cc1c3c(ccc12)CCCC3C.c1cnccn1. The van der Waals surface area contributed by atoms with E-state index in [0.29, 0.717) is 5.92 Å². The molecule has 2 nitrogen and oxygen atoms in total. The van der Waals surface area contributed by atoms with Crippen LogP contribution >= 0.6 is 0 Å². The van der Waals surface area contributed by atoms with Crippen molar-refractivity contribution >= 4 is 21.5 Å². The van der Waals surface area contributed by atoms with Gasteiger partial charge in [0.1, 0.15) is 5.82 Å². The van der Waals surface area contributed by atoms with Crippen molar-refractivity contribution in [2.75, 3.05) is 0 Å². The average Bonchev–Trinajstić information content (AvgIpc) is 2.70. The van der Waals surface area contributed by atoms with Gasteiger partial charge in [0, 0.05) is 30.2 Å². The summed E-state index contributed by atoms with van der Waals surface area (Å²) in [5.41, 5.74) is 3.80. The maximum absolute atomic E-state index is 14.7. The van der Waals surface area contributed by atoms with E-state index in [1.807, 2.05) is 25.1 Å². The molecule has 4 aromatic rings. The minimum absolute atomic E-state index is 0.0817. The summed E-state index contributed by atoms with van der Waals surface area (Å²) in [5, 5.41) is 4.14. The second-order valence-electron chi connectivity index (χ2n) is 7.28. The lowest BCUT2D eigenvalue weighted by molar-refractivity contribution is 0.594. The number of nitrogens with zero attached hydrogens (tertiary/aromatic N) is 2. The standard InChI is InChI=1S/C20H19F.C4H4N2/c1-12-5-3-7-14-9-10-15-16-8-4-6-13(2)20(16)18(21)11-17(15)19(12)14;1-2-6-4-3-5-1/h4,6,8-12H,3,5,7H2,1-2H3;1-4H. The van der Waals surface area contributed by atoms with E-state index in [1.165, 1.54) is 29.4 Å². The van der Waals surface area contributed by atoms with Crippen LogP contribution in [-0.4, -0.2) is 9.97 Å². The molecule has 1 aliphatic rings. The van der Waals surface area contributed by atoms with Crippen molar-refractivity contribution in [3.63, 3.8) is 0 Å². The van der Waals surface area contributed by atoms with Gasteiger partial charge in [-0.1, -0.05) is 37.3 Å². The smallest absolute Gasteiger partial charge is 0.131 e. The molecule has 0 bridgehead atoms. The lowest BCUT2D eigenvalue weighted by Crippen LogP contribution is -2.08. The van der Waals surface area contributed by atoms with Crippen LogP contribution in [0, 0.1) is 12.7 Å². The predicted octanol–water partition coefficient (Wildman–Crippen LogP) is 6.36. The van der Waals surface area contributed by atoms with Crippen LogP contribution in [0.5, 0.6) is 0 Å². The van der Waals surface area contributed by atoms with Crippen LogP contribution in [0.4, 0.5) is 4.39 Å². The first-order valence-electron chi connectivity index (χ1n) is 9.50. The van der Waals surface area contributed by atoms with Crippen LogP contribution in [0.2, 0.25) is 0 Å². The van der Waals surface area contributed by atoms with Crippen LogP contribution < -0.4 is 0 Å². The fraction of sp³-hybridized carbons (Fsp3) is 0.250. The van der Waals surface area contributed by atoms with Crippen molar-refractivity contribution in [3.8, 4) is 0 Å². The molecular formula is C24H23FN2. The molecule has 1 heterocycles. The summed E-state index contributed by atoms with van der Waals surface area (Å²) in [6.07, 6.45) is 10.1. The summed E-state index contributed by atoms with van der Waals surface area (Å²) in [5.74, 6) is 0.445. The summed E-state index contributed by atoms with van der Waals surface area (Å²) in [7, 11) is 0. The van der Waals surface area contributed by atoms with Crippen LogP contribution in [0.15, 0.2) is 61.2 Å². The number of hydrogen-bond donors (Lipinski definition) is 0. The number of benzene rings is 3. The molecule has 1 atom stereocenters. The third-order valence-corrected chi connectivity index (χ3v) is 5.50. The van der Waals surface area contributed by atoms with Gasteiger partial charge in [-0.2, -0.15) is 0 Å². The molecule has 3 aromatic carbocycles. The average molecular weight is 358 g/mol. The molecule has 3 heteroatoms. The quantitative estimate of drug-likeness (QED) is 0.342. The Morgan fingerprint density at radius 1 is 0.926 bits per heavy atom. The van der Waals surface area contributed by atoms with Crippen molar-refractivity contribution in [1.82, 2.24) is 9.97 Å². The van der Waals surface area contributed by atoms with E-state index in [0.717, 1.165) is 28.1 Å². The minimum atomic E-state index is -0.0817. The Morgan fingerprint density at radius 3 is 2.37 bits per heavy atom. The molecule has 0 amide bonds. The molecule has 1 aromatic heterocycles. The van der Waals surface area contributed by atoms with Gasteiger partial charge in [0.15, 0.2) is 0 Å². The number of fused-ring (bicyclic) bond motifs is 5. The van der Waals surface area contributed by atoms with Gasteiger partial charge in [0.05, 0.1) is 0 Å². The molecular weight excluding hydrogens is 335 g/mol. The number of rotatable bonds is 0. The first-order chi connectivity index (χ1) is 13.2. The first-order valence-corrected chi connectivity index (χ1v) is 9.50. The van der Waals surface area contributed by atoms with Gasteiger partial charge in [0.2, 0.25) is 0 Å². The molecule has 0 saturated heterocycles. The normalized spacial score (nSPS) is 15.9. The Morgan fingerprint density at radius 2 is 1.67 bits per heavy atom. The molecule has 0 aliphatic heterocycles. The molecule has 0 radical (unpaired) electrons. The van der Waals surface area contributed by atoms with E-state index in [2.05, 4.69) is 29.0 Å². The van der Waals surface area contributed by atoms with Gasteiger partial charge in [-0.25, -0.2) is 4.39 Å². The van der Waals surface area contributed by atoms with Gasteiger partial charge in [0.25, 0.3) is 0 Å².